The molecule has 2 N–H and O–H groups in total. The van der Waals surface area contributed by atoms with Gasteiger partial charge in [0.25, 0.3) is 5.91 Å². The van der Waals surface area contributed by atoms with Crippen LogP contribution in [0, 0.1) is 0 Å². The molecular weight excluding hydrogens is 370 g/mol. The van der Waals surface area contributed by atoms with Crippen molar-refractivity contribution in [2.24, 2.45) is 0 Å². The van der Waals surface area contributed by atoms with Gasteiger partial charge in [-0.1, -0.05) is 30.8 Å². The molecule has 2 aromatic heterocycles. The summed E-state index contributed by atoms with van der Waals surface area (Å²) in [6.07, 6.45) is 4.68. The molecule has 0 aliphatic heterocycles. The molecule has 0 saturated heterocycles. The highest BCUT2D eigenvalue weighted by atomic mass is 32.2. The van der Waals surface area contributed by atoms with E-state index in [1.807, 2.05) is 36.4 Å². The summed E-state index contributed by atoms with van der Waals surface area (Å²) in [6, 6.07) is 15.7. The predicted molar refractivity (Wildman–Crippen MR) is 113 cm³/mol. The minimum atomic E-state index is -0.109. The average molecular weight is 392 g/mol. The molecule has 0 spiro atoms. The maximum Gasteiger partial charge on any atom is 0.255 e. The topological polar surface area (TPSA) is 75.6 Å². The van der Waals surface area contributed by atoms with Crippen LogP contribution in [0.4, 0.5) is 5.69 Å². The first-order chi connectivity index (χ1) is 13.7. The van der Waals surface area contributed by atoms with Gasteiger partial charge in [-0.2, -0.15) is 5.10 Å². The predicted octanol–water partition coefficient (Wildman–Crippen LogP) is 4.71. The fourth-order valence-electron chi connectivity index (χ4n) is 3.08. The zero-order valence-electron chi connectivity index (χ0n) is 15.6. The zero-order chi connectivity index (χ0) is 19.3. The number of aromatic nitrogens is 4. The van der Waals surface area contributed by atoms with Crippen LogP contribution in [0.3, 0.4) is 0 Å². The summed E-state index contributed by atoms with van der Waals surface area (Å²) < 4.78 is 2.23. The molecule has 0 radical (unpaired) electrons. The number of anilines is 1. The normalized spacial score (nSPS) is 11.0. The Labute approximate surface area is 167 Å². The van der Waals surface area contributed by atoms with Gasteiger partial charge in [0.15, 0.2) is 5.16 Å². The Balaban J connectivity index is 1.41. The minimum absolute atomic E-state index is 0.109. The SMILES string of the molecule is CCCn1ccc2cc(NC(=O)c3ccc(CSc4ncn[nH]4)cc3)ccc21. The van der Waals surface area contributed by atoms with Gasteiger partial charge in [0.1, 0.15) is 6.33 Å². The van der Waals surface area contributed by atoms with Gasteiger partial charge in [0, 0.05) is 40.6 Å². The number of hydrogen-bond donors (Lipinski definition) is 2. The van der Waals surface area contributed by atoms with Gasteiger partial charge in [-0.05, 0) is 48.4 Å². The van der Waals surface area contributed by atoms with E-state index < -0.39 is 0 Å². The number of nitrogens with one attached hydrogen (secondary N) is 2. The molecule has 6 nitrogen and oxygen atoms in total. The number of benzene rings is 2. The summed E-state index contributed by atoms with van der Waals surface area (Å²) in [7, 11) is 0. The number of carbonyl (C=O) groups excluding carboxylic acids is 1. The van der Waals surface area contributed by atoms with E-state index in [-0.39, 0.29) is 5.91 Å². The Kier molecular flexibility index (Phi) is 5.43. The lowest BCUT2D eigenvalue weighted by Gasteiger charge is -2.08. The molecule has 0 aliphatic rings. The highest BCUT2D eigenvalue weighted by Gasteiger charge is 2.08. The molecule has 142 valence electrons. The Morgan fingerprint density at radius 3 is 2.79 bits per heavy atom. The molecule has 0 fully saturated rings. The third-order valence-corrected chi connectivity index (χ3v) is 5.43. The maximum atomic E-state index is 12.6. The molecule has 0 aliphatic carbocycles. The Hall–Kier alpha value is -3.06. The molecule has 1 amide bonds. The van der Waals surface area contributed by atoms with Crippen molar-refractivity contribution in [3.63, 3.8) is 0 Å². The number of nitrogens with zero attached hydrogens (tertiary/aromatic N) is 3. The monoisotopic (exact) mass is 391 g/mol. The highest BCUT2D eigenvalue weighted by Crippen LogP contribution is 2.22. The standard InChI is InChI=1S/C21H21N5OS/c1-2-10-26-11-9-17-12-18(7-8-19(17)26)24-20(27)16-5-3-15(4-6-16)13-28-21-22-14-23-25-21/h3-9,11-12,14H,2,10,13H2,1H3,(H,24,27)(H,22,23,25). The summed E-state index contributed by atoms with van der Waals surface area (Å²) in [5.74, 6) is 0.657. The first-order valence-corrected chi connectivity index (χ1v) is 10.2. The van der Waals surface area contributed by atoms with Crippen molar-refractivity contribution in [1.82, 2.24) is 19.7 Å². The quantitative estimate of drug-likeness (QED) is 0.447. The van der Waals surface area contributed by atoms with Crippen molar-refractivity contribution in [3.8, 4) is 0 Å². The molecule has 0 unspecified atom stereocenters. The second kappa shape index (κ2) is 8.31. The lowest BCUT2D eigenvalue weighted by Crippen LogP contribution is -2.11. The molecule has 7 heteroatoms. The largest absolute Gasteiger partial charge is 0.347 e. The Bertz CT molecular complexity index is 1070. The zero-order valence-corrected chi connectivity index (χ0v) is 16.4. The van der Waals surface area contributed by atoms with Crippen molar-refractivity contribution in [2.45, 2.75) is 30.8 Å². The summed E-state index contributed by atoms with van der Waals surface area (Å²) in [5, 5.41) is 11.6. The number of hydrogen-bond acceptors (Lipinski definition) is 4. The molecule has 4 aromatic rings. The van der Waals surface area contributed by atoms with Crippen LogP contribution < -0.4 is 5.32 Å². The molecule has 2 heterocycles. The summed E-state index contributed by atoms with van der Waals surface area (Å²) in [4.78, 5) is 16.7. The van der Waals surface area contributed by atoms with Crippen LogP contribution in [-0.4, -0.2) is 25.7 Å². The maximum absolute atomic E-state index is 12.6. The number of aromatic amines is 1. The summed E-state index contributed by atoms with van der Waals surface area (Å²) in [5.41, 5.74) is 3.75. The third-order valence-electron chi connectivity index (χ3n) is 4.48. The van der Waals surface area contributed by atoms with E-state index in [1.165, 1.54) is 11.8 Å². The van der Waals surface area contributed by atoms with Crippen molar-refractivity contribution >= 4 is 34.3 Å². The highest BCUT2D eigenvalue weighted by molar-refractivity contribution is 7.98. The van der Waals surface area contributed by atoms with Crippen molar-refractivity contribution in [3.05, 3.63) is 72.2 Å². The van der Waals surface area contributed by atoms with E-state index in [4.69, 9.17) is 0 Å². The third kappa shape index (κ3) is 4.09. The second-order valence-corrected chi connectivity index (χ2v) is 7.48. The van der Waals surface area contributed by atoms with Crippen LogP contribution in [0.1, 0.15) is 29.3 Å². The average Bonchev–Trinajstić information content (AvgIpc) is 3.37. The number of aryl methyl sites for hydroxylation is 1. The second-order valence-electron chi connectivity index (χ2n) is 6.51. The van der Waals surface area contributed by atoms with E-state index in [9.17, 15) is 4.79 Å². The number of carbonyl (C=O) groups is 1. The van der Waals surface area contributed by atoms with Crippen LogP contribution in [-0.2, 0) is 12.3 Å². The number of fused-ring (bicyclic) bond motifs is 1. The van der Waals surface area contributed by atoms with Crippen LogP contribution in [0.25, 0.3) is 10.9 Å². The van der Waals surface area contributed by atoms with E-state index in [0.29, 0.717) is 5.56 Å². The number of rotatable bonds is 7. The Morgan fingerprint density at radius 2 is 2.04 bits per heavy atom. The molecule has 0 saturated carbocycles. The molecule has 0 bridgehead atoms. The van der Waals surface area contributed by atoms with Gasteiger partial charge >= 0.3 is 0 Å². The lowest BCUT2D eigenvalue weighted by molar-refractivity contribution is 0.102. The van der Waals surface area contributed by atoms with E-state index in [0.717, 1.165) is 40.5 Å². The van der Waals surface area contributed by atoms with Gasteiger partial charge < -0.3 is 9.88 Å². The summed E-state index contributed by atoms with van der Waals surface area (Å²) >= 11 is 1.57. The molecule has 0 atom stereocenters. The van der Waals surface area contributed by atoms with Gasteiger partial charge in [-0.25, -0.2) is 4.98 Å². The number of thioether (sulfide) groups is 1. The van der Waals surface area contributed by atoms with E-state index in [1.54, 1.807) is 11.8 Å². The van der Waals surface area contributed by atoms with Crippen LogP contribution in [0.15, 0.2) is 66.2 Å². The van der Waals surface area contributed by atoms with Crippen LogP contribution >= 0.6 is 11.8 Å². The fourth-order valence-corrected chi connectivity index (χ4v) is 3.82. The Morgan fingerprint density at radius 1 is 1.18 bits per heavy atom. The van der Waals surface area contributed by atoms with Gasteiger partial charge in [-0.3, -0.25) is 9.89 Å². The number of H-pyrrole nitrogens is 1. The van der Waals surface area contributed by atoms with E-state index in [2.05, 4.69) is 50.3 Å². The van der Waals surface area contributed by atoms with Crippen molar-refractivity contribution < 1.29 is 4.79 Å². The summed E-state index contributed by atoms with van der Waals surface area (Å²) in [6.45, 7) is 3.16. The van der Waals surface area contributed by atoms with Gasteiger partial charge in [-0.15, -0.1) is 0 Å². The molecule has 4 rings (SSSR count). The molecule has 28 heavy (non-hydrogen) atoms. The van der Waals surface area contributed by atoms with Crippen LogP contribution in [0.2, 0.25) is 0 Å². The first-order valence-electron chi connectivity index (χ1n) is 9.20. The minimum Gasteiger partial charge on any atom is -0.347 e. The van der Waals surface area contributed by atoms with E-state index >= 15 is 0 Å². The van der Waals surface area contributed by atoms with Crippen molar-refractivity contribution in [1.29, 1.82) is 0 Å². The number of amides is 1. The fraction of sp³-hybridized carbons (Fsp3) is 0.190. The lowest BCUT2D eigenvalue weighted by atomic mass is 10.1. The first kappa shape index (κ1) is 18.3. The van der Waals surface area contributed by atoms with Crippen LogP contribution in [0.5, 0.6) is 0 Å². The van der Waals surface area contributed by atoms with Crippen molar-refractivity contribution in [2.75, 3.05) is 5.32 Å². The van der Waals surface area contributed by atoms with Gasteiger partial charge in [0.05, 0.1) is 0 Å². The molecular formula is C21H21N5OS. The van der Waals surface area contributed by atoms with Gasteiger partial charge in [0.2, 0.25) is 0 Å². The smallest absolute Gasteiger partial charge is 0.255 e. The molecule has 2 aromatic carbocycles.